The first-order valence-electron chi connectivity index (χ1n) is 4.48. The lowest BCUT2D eigenvalue weighted by Crippen LogP contribution is -2.32. The molecule has 72 valence electrons. The number of rotatable bonds is 2. The van der Waals surface area contributed by atoms with E-state index >= 15 is 0 Å². The molecule has 0 aliphatic carbocycles. The first-order valence-corrected chi connectivity index (χ1v) is 4.48. The van der Waals surface area contributed by atoms with E-state index in [0.717, 1.165) is 11.1 Å². The van der Waals surface area contributed by atoms with E-state index in [1.807, 2.05) is 32.0 Å². The monoisotopic (exact) mass is 179 g/mol. The Balaban J connectivity index is 3.22. The van der Waals surface area contributed by atoms with Gasteiger partial charge in [0.05, 0.1) is 5.60 Å². The van der Waals surface area contributed by atoms with Gasteiger partial charge >= 0.3 is 0 Å². The summed E-state index contributed by atoms with van der Waals surface area (Å²) in [5.74, 6) is 0. The fourth-order valence-corrected chi connectivity index (χ4v) is 1.44. The zero-order valence-electron chi connectivity index (χ0n) is 8.46. The average molecular weight is 179 g/mol. The van der Waals surface area contributed by atoms with E-state index in [9.17, 15) is 5.11 Å². The van der Waals surface area contributed by atoms with E-state index in [-0.39, 0.29) is 6.54 Å². The average Bonchev–Trinajstić information content (AvgIpc) is 2.09. The van der Waals surface area contributed by atoms with Crippen LogP contribution in [0.2, 0.25) is 0 Å². The van der Waals surface area contributed by atoms with Crippen molar-refractivity contribution in [3.8, 4) is 0 Å². The van der Waals surface area contributed by atoms with Gasteiger partial charge in [-0.15, -0.1) is 0 Å². The Hall–Kier alpha value is -0.860. The number of nitrogens with two attached hydrogens (primary N) is 1. The van der Waals surface area contributed by atoms with E-state index in [2.05, 4.69) is 0 Å². The highest BCUT2D eigenvalue weighted by molar-refractivity contribution is 5.36. The lowest BCUT2D eigenvalue weighted by atomic mass is 9.90. The van der Waals surface area contributed by atoms with Crippen molar-refractivity contribution in [1.29, 1.82) is 0 Å². The molecule has 0 aliphatic heterocycles. The second-order valence-corrected chi connectivity index (χ2v) is 3.73. The Morgan fingerprint density at radius 2 is 2.00 bits per heavy atom. The predicted octanol–water partition coefficient (Wildman–Crippen LogP) is 1.47. The highest BCUT2D eigenvalue weighted by Gasteiger charge is 2.22. The molecule has 1 aromatic carbocycles. The summed E-state index contributed by atoms with van der Waals surface area (Å²) < 4.78 is 0. The van der Waals surface area contributed by atoms with Gasteiger partial charge in [-0.05, 0) is 37.5 Å². The smallest absolute Gasteiger partial charge is 0.0992 e. The normalized spacial score (nSPS) is 15.5. The van der Waals surface area contributed by atoms with Crippen molar-refractivity contribution >= 4 is 0 Å². The third kappa shape index (κ3) is 1.90. The van der Waals surface area contributed by atoms with E-state index in [1.54, 1.807) is 6.92 Å². The molecule has 0 heterocycles. The fraction of sp³-hybridized carbons (Fsp3) is 0.455. The van der Waals surface area contributed by atoms with E-state index in [4.69, 9.17) is 5.73 Å². The van der Waals surface area contributed by atoms with Crippen LogP contribution in [0.15, 0.2) is 18.2 Å². The fourth-order valence-electron chi connectivity index (χ4n) is 1.44. The Kier molecular flexibility index (Phi) is 2.74. The second kappa shape index (κ2) is 3.48. The molecule has 0 spiro atoms. The highest BCUT2D eigenvalue weighted by atomic mass is 16.3. The van der Waals surface area contributed by atoms with Crippen molar-refractivity contribution in [2.24, 2.45) is 5.73 Å². The van der Waals surface area contributed by atoms with Crippen LogP contribution < -0.4 is 5.73 Å². The van der Waals surface area contributed by atoms with Gasteiger partial charge in [-0.1, -0.05) is 18.2 Å². The Morgan fingerprint density at radius 3 is 2.54 bits per heavy atom. The minimum absolute atomic E-state index is 0.247. The molecule has 0 bridgehead atoms. The second-order valence-electron chi connectivity index (χ2n) is 3.73. The number of hydrogen-bond acceptors (Lipinski definition) is 2. The minimum atomic E-state index is -0.907. The molecule has 2 nitrogen and oxygen atoms in total. The summed E-state index contributed by atoms with van der Waals surface area (Å²) in [6.07, 6.45) is 0. The summed E-state index contributed by atoms with van der Waals surface area (Å²) in [7, 11) is 0. The Labute approximate surface area is 79.4 Å². The van der Waals surface area contributed by atoms with Gasteiger partial charge in [0.2, 0.25) is 0 Å². The van der Waals surface area contributed by atoms with Crippen LogP contribution in [0.25, 0.3) is 0 Å². The first kappa shape index (κ1) is 10.2. The van der Waals surface area contributed by atoms with Crippen LogP contribution in [-0.2, 0) is 5.60 Å². The topological polar surface area (TPSA) is 46.2 Å². The molecule has 1 rings (SSSR count). The van der Waals surface area contributed by atoms with Crippen molar-refractivity contribution in [3.63, 3.8) is 0 Å². The van der Waals surface area contributed by atoms with E-state index < -0.39 is 5.60 Å². The molecule has 0 amide bonds. The standard InChI is InChI=1S/C11H17NO/c1-8-5-4-6-10(9(8)2)11(3,13)7-12/h4-6,13H,7,12H2,1-3H3. The van der Waals surface area contributed by atoms with Crippen LogP contribution in [0, 0.1) is 13.8 Å². The summed E-state index contributed by atoms with van der Waals surface area (Å²) in [4.78, 5) is 0. The molecule has 13 heavy (non-hydrogen) atoms. The number of benzene rings is 1. The quantitative estimate of drug-likeness (QED) is 0.722. The highest BCUT2D eigenvalue weighted by Crippen LogP contribution is 2.24. The number of aryl methyl sites for hydroxylation is 1. The molecular formula is C11H17NO. The molecule has 0 aliphatic rings. The molecule has 0 fully saturated rings. The van der Waals surface area contributed by atoms with Crippen LogP contribution in [0.3, 0.4) is 0 Å². The van der Waals surface area contributed by atoms with Crippen molar-refractivity contribution < 1.29 is 5.11 Å². The molecule has 1 unspecified atom stereocenters. The molecule has 1 aromatic rings. The zero-order chi connectivity index (χ0) is 10.1. The third-order valence-corrected chi connectivity index (χ3v) is 2.58. The summed E-state index contributed by atoms with van der Waals surface area (Å²) >= 11 is 0. The maximum Gasteiger partial charge on any atom is 0.0992 e. The maximum atomic E-state index is 9.97. The van der Waals surface area contributed by atoms with Crippen molar-refractivity contribution in [2.75, 3.05) is 6.54 Å². The van der Waals surface area contributed by atoms with Crippen LogP contribution in [0.1, 0.15) is 23.6 Å². The summed E-state index contributed by atoms with van der Waals surface area (Å²) in [6, 6.07) is 5.91. The van der Waals surface area contributed by atoms with Gasteiger partial charge < -0.3 is 10.8 Å². The van der Waals surface area contributed by atoms with E-state index in [1.165, 1.54) is 5.56 Å². The van der Waals surface area contributed by atoms with Gasteiger partial charge in [-0.2, -0.15) is 0 Å². The summed E-state index contributed by atoms with van der Waals surface area (Å²) in [5, 5.41) is 9.97. The largest absolute Gasteiger partial charge is 0.384 e. The molecule has 0 saturated carbocycles. The SMILES string of the molecule is Cc1cccc(C(C)(O)CN)c1C. The van der Waals surface area contributed by atoms with Crippen molar-refractivity contribution in [3.05, 3.63) is 34.9 Å². The molecule has 0 aromatic heterocycles. The molecule has 0 radical (unpaired) electrons. The number of hydrogen-bond donors (Lipinski definition) is 2. The molecule has 3 N–H and O–H groups in total. The molecule has 1 atom stereocenters. The van der Waals surface area contributed by atoms with Gasteiger partial charge in [-0.25, -0.2) is 0 Å². The third-order valence-electron chi connectivity index (χ3n) is 2.58. The summed E-state index contributed by atoms with van der Waals surface area (Å²) in [5.41, 5.74) is 7.84. The molecule has 2 heteroatoms. The van der Waals surface area contributed by atoms with Crippen molar-refractivity contribution in [2.45, 2.75) is 26.4 Å². The number of aliphatic hydroxyl groups is 1. The zero-order valence-corrected chi connectivity index (χ0v) is 8.46. The van der Waals surface area contributed by atoms with Gasteiger partial charge in [-0.3, -0.25) is 0 Å². The predicted molar refractivity (Wildman–Crippen MR) is 54.5 cm³/mol. The van der Waals surface area contributed by atoms with Crippen LogP contribution in [0.4, 0.5) is 0 Å². The molecular weight excluding hydrogens is 162 g/mol. The van der Waals surface area contributed by atoms with Gasteiger partial charge in [0.15, 0.2) is 0 Å². The lowest BCUT2D eigenvalue weighted by Gasteiger charge is -2.24. The maximum absolute atomic E-state index is 9.97. The van der Waals surface area contributed by atoms with Crippen LogP contribution >= 0.6 is 0 Å². The lowest BCUT2D eigenvalue weighted by molar-refractivity contribution is 0.0661. The Bertz CT molecular complexity index is 305. The molecule has 0 saturated heterocycles. The van der Waals surface area contributed by atoms with Gasteiger partial charge in [0.1, 0.15) is 0 Å². The van der Waals surface area contributed by atoms with Crippen LogP contribution in [0.5, 0.6) is 0 Å². The summed E-state index contributed by atoms with van der Waals surface area (Å²) in [6.45, 7) is 6.03. The Morgan fingerprint density at radius 1 is 1.38 bits per heavy atom. The van der Waals surface area contributed by atoms with Crippen molar-refractivity contribution in [1.82, 2.24) is 0 Å². The van der Waals surface area contributed by atoms with Gasteiger partial charge in [0, 0.05) is 6.54 Å². The minimum Gasteiger partial charge on any atom is -0.384 e. The van der Waals surface area contributed by atoms with E-state index in [0.29, 0.717) is 0 Å². The van der Waals surface area contributed by atoms with Crippen LogP contribution in [-0.4, -0.2) is 11.7 Å². The van der Waals surface area contributed by atoms with Gasteiger partial charge in [0.25, 0.3) is 0 Å². The first-order chi connectivity index (χ1) is 5.99.